The van der Waals surface area contributed by atoms with Gasteiger partial charge in [0.25, 0.3) is 0 Å². The molecule has 3 nitrogen and oxygen atoms in total. The van der Waals surface area contributed by atoms with E-state index in [1.165, 1.54) is 7.11 Å². The molecule has 0 aliphatic carbocycles. The molecular formula is C8H17NO2. The Morgan fingerprint density at radius 1 is 1.45 bits per heavy atom. The lowest BCUT2D eigenvalue weighted by molar-refractivity contribution is -0.141. The van der Waals surface area contributed by atoms with Crippen LogP contribution in [0.5, 0.6) is 0 Å². The standard InChI is InChI=1S/C8H17NO2/c1-5-8(3,6-2)7(10)9-11-4/h5-6H2,1-4H3,(H,9,10). The minimum atomic E-state index is -0.282. The molecule has 0 fully saturated rings. The number of hydrogen-bond acceptors (Lipinski definition) is 2. The molecule has 0 aromatic heterocycles. The zero-order valence-electron chi connectivity index (χ0n) is 7.73. The highest BCUT2D eigenvalue weighted by Crippen LogP contribution is 2.24. The number of carbonyl (C=O) groups is 1. The number of amides is 1. The van der Waals surface area contributed by atoms with Crippen molar-refractivity contribution in [1.29, 1.82) is 0 Å². The summed E-state index contributed by atoms with van der Waals surface area (Å²) in [7, 11) is 1.45. The fourth-order valence-electron chi connectivity index (χ4n) is 0.787. The molecule has 0 bridgehead atoms. The maximum absolute atomic E-state index is 11.3. The Morgan fingerprint density at radius 3 is 2.18 bits per heavy atom. The van der Waals surface area contributed by atoms with E-state index in [2.05, 4.69) is 10.3 Å². The molecule has 0 aromatic rings. The number of hydroxylamine groups is 1. The molecule has 3 heteroatoms. The van der Waals surface area contributed by atoms with E-state index in [0.717, 1.165) is 12.8 Å². The summed E-state index contributed by atoms with van der Waals surface area (Å²) in [6.45, 7) is 5.93. The molecule has 11 heavy (non-hydrogen) atoms. The third-order valence-corrected chi connectivity index (χ3v) is 2.30. The van der Waals surface area contributed by atoms with Crippen LogP contribution in [-0.2, 0) is 9.63 Å². The third kappa shape index (κ3) is 2.50. The van der Waals surface area contributed by atoms with E-state index in [4.69, 9.17) is 0 Å². The van der Waals surface area contributed by atoms with Gasteiger partial charge in [0, 0.05) is 5.41 Å². The summed E-state index contributed by atoms with van der Waals surface area (Å²) >= 11 is 0. The summed E-state index contributed by atoms with van der Waals surface area (Å²) in [5, 5.41) is 0. The highest BCUT2D eigenvalue weighted by molar-refractivity contribution is 5.81. The van der Waals surface area contributed by atoms with Crippen LogP contribution in [0.4, 0.5) is 0 Å². The SMILES string of the molecule is CCC(C)(CC)C(=O)NOC. The average molecular weight is 159 g/mol. The number of rotatable bonds is 4. The van der Waals surface area contributed by atoms with Gasteiger partial charge in [-0.2, -0.15) is 0 Å². The van der Waals surface area contributed by atoms with Gasteiger partial charge in [0.2, 0.25) is 5.91 Å². The van der Waals surface area contributed by atoms with Gasteiger partial charge >= 0.3 is 0 Å². The Bertz CT molecular complexity index is 130. The number of hydrogen-bond donors (Lipinski definition) is 1. The number of nitrogens with one attached hydrogen (secondary N) is 1. The first-order valence-electron chi connectivity index (χ1n) is 3.94. The average Bonchev–Trinajstić information content (AvgIpc) is 2.03. The Kier molecular flexibility index (Phi) is 4.11. The molecule has 0 heterocycles. The first-order valence-corrected chi connectivity index (χ1v) is 3.94. The maximum atomic E-state index is 11.3. The summed E-state index contributed by atoms with van der Waals surface area (Å²) in [6, 6.07) is 0. The van der Waals surface area contributed by atoms with Crippen LogP contribution < -0.4 is 5.48 Å². The highest BCUT2D eigenvalue weighted by Gasteiger charge is 2.28. The topological polar surface area (TPSA) is 38.3 Å². The van der Waals surface area contributed by atoms with Crippen LogP contribution in [0.2, 0.25) is 0 Å². The molecule has 0 aliphatic rings. The van der Waals surface area contributed by atoms with E-state index in [9.17, 15) is 4.79 Å². The van der Waals surface area contributed by atoms with E-state index >= 15 is 0 Å². The van der Waals surface area contributed by atoms with Crippen LogP contribution in [0.15, 0.2) is 0 Å². The second-order valence-corrected chi connectivity index (χ2v) is 2.90. The minimum absolute atomic E-state index is 0.0370. The van der Waals surface area contributed by atoms with Crippen LogP contribution in [0.25, 0.3) is 0 Å². The monoisotopic (exact) mass is 159 g/mol. The van der Waals surface area contributed by atoms with Gasteiger partial charge in [-0.05, 0) is 12.8 Å². The molecule has 0 spiro atoms. The van der Waals surface area contributed by atoms with Crippen molar-refractivity contribution in [2.45, 2.75) is 33.6 Å². The normalized spacial score (nSPS) is 11.3. The smallest absolute Gasteiger partial charge is 0.249 e. The van der Waals surface area contributed by atoms with Gasteiger partial charge in [-0.3, -0.25) is 9.63 Å². The summed E-state index contributed by atoms with van der Waals surface area (Å²) < 4.78 is 0. The molecule has 1 N–H and O–H groups in total. The molecule has 0 aliphatic heterocycles. The highest BCUT2D eigenvalue weighted by atomic mass is 16.6. The predicted octanol–water partition coefficient (Wildman–Crippen LogP) is 1.49. The summed E-state index contributed by atoms with van der Waals surface area (Å²) in [4.78, 5) is 15.8. The van der Waals surface area contributed by atoms with Crippen molar-refractivity contribution in [1.82, 2.24) is 5.48 Å². The fourth-order valence-corrected chi connectivity index (χ4v) is 0.787. The van der Waals surface area contributed by atoms with Gasteiger partial charge in [0.15, 0.2) is 0 Å². The van der Waals surface area contributed by atoms with Crippen molar-refractivity contribution in [3.63, 3.8) is 0 Å². The van der Waals surface area contributed by atoms with Crippen molar-refractivity contribution >= 4 is 5.91 Å². The van der Waals surface area contributed by atoms with E-state index in [0.29, 0.717) is 0 Å². The Hall–Kier alpha value is -0.570. The van der Waals surface area contributed by atoms with Crippen LogP contribution in [0.3, 0.4) is 0 Å². The molecule has 0 saturated heterocycles. The molecule has 1 amide bonds. The second kappa shape index (κ2) is 4.34. The molecule has 0 aromatic carbocycles. The maximum Gasteiger partial charge on any atom is 0.249 e. The lowest BCUT2D eigenvalue weighted by atomic mass is 9.84. The lowest BCUT2D eigenvalue weighted by Crippen LogP contribution is -2.37. The zero-order valence-corrected chi connectivity index (χ0v) is 7.73. The van der Waals surface area contributed by atoms with Gasteiger partial charge in [-0.1, -0.05) is 20.8 Å². The van der Waals surface area contributed by atoms with Crippen LogP contribution in [0.1, 0.15) is 33.6 Å². The third-order valence-electron chi connectivity index (χ3n) is 2.30. The van der Waals surface area contributed by atoms with Gasteiger partial charge in [0.1, 0.15) is 0 Å². The van der Waals surface area contributed by atoms with Crippen LogP contribution >= 0.6 is 0 Å². The number of carbonyl (C=O) groups excluding carboxylic acids is 1. The van der Waals surface area contributed by atoms with Crippen molar-refractivity contribution in [3.05, 3.63) is 0 Å². The molecule has 0 atom stereocenters. The second-order valence-electron chi connectivity index (χ2n) is 2.90. The first kappa shape index (κ1) is 10.4. The summed E-state index contributed by atoms with van der Waals surface area (Å²) in [6.07, 6.45) is 1.66. The molecule has 0 rings (SSSR count). The predicted molar refractivity (Wildman–Crippen MR) is 43.8 cm³/mol. The molecular weight excluding hydrogens is 142 g/mol. The Labute approximate surface area is 68.1 Å². The quantitative estimate of drug-likeness (QED) is 0.631. The summed E-state index contributed by atoms with van der Waals surface area (Å²) in [5.41, 5.74) is 2.07. The van der Waals surface area contributed by atoms with E-state index < -0.39 is 0 Å². The Morgan fingerprint density at radius 2 is 1.91 bits per heavy atom. The summed E-state index contributed by atoms with van der Waals surface area (Å²) in [5.74, 6) is -0.0370. The minimum Gasteiger partial charge on any atom is -0.277 e. The van der Waals surface area contributed by atoms with Gasteiger partial charge < -0.3 is 0 Å². The first-order chi connectivity index (χ1) is 5.10. The van der Waals surface area contributed by atoms with Gasteiger partial charge in [-0.15, -0.1) is 0 Å². The Balaban J connectivity index is 4.12. The van der Waals surface area contributed by atoms with Gasteiger partial charge in [0.05, 0.1) is 7.11 Å². The molecule has 0 radical (unpaired) electrons. The largest absolute Gasteiger partial charge is 0.277 e. The van der Waals surface area contributed by atoms with Crippen LogP contribution in [0, 0.1) is 5.41 Å². The molecule has 66 valence electrons. The fraction of sp³-hybridized carbons (Fsp3) is 0.875. The van der Waals surface area contributed by atoms with E-state index in [-0.39, 0.29) is 11.3 Å². The zero-order chi connectivity index (χ0) is 8.91. The van der Waals surface area contributed by atoms with Crippen molar-refractivity contribution in [3.8, 4) is 0 Å². The van der Waals surface area contributed by atoms with Crippen molar-refractivity contribution < 1.29 is 9.63 Å². The van der Waals surface area contributed by atoms with E-state index in [1.54, 1.807) is 0 Å². The molecule has 0 unspecified atom stereocenters. The van der Waals surface area contributed by atoms with Crippen LogP contribution in [-0.4, -0.2) is 13.0 Å². The molecule has 0 saturated carbocycles. The van der Waals surface area contributed by atoms with E-state index in [1.807, 2.05) is 20.8 Å². The van der Waals surface area contributed by atoms with Crippen molar-refractivity contribution in [2.75, 3.05) is 7.11 Å². The van der Waals surface area contributed by atoms with Crippen molar-refractivity contribution in [2.24, 2.45) is 5.41 Å². The van der Waals surface area contributed by atoms with Gasteiger partial charge in [-0.25, -0.2) is 5.48 Å². The lowest BCUT2D eigenvalue weighted by Gasteiger charge is -2.23.